The Balaban J connectivity index is 2.09. The van der Waals surface area contributed by atoms with E-state index >= 15 is 0 Å². The molecule has 0 saturated heterocycles. The van der Waals surface area contributed by atoms with Crippen molar-refractivity contribution in [1.29, 1.82) is 0 Å². The van der Waals surface area contributed by atoms with Crippen LogP contribution in [-0.2, 0) is 4.79 Å². The number of carbonyl (C=O) groups excluding carboxylic acids is 1. The first-order valence-corrected chi connectivity index (χ1v) is 8.31. The van der Waals surface area contributed by atoms with Crippen molar-refractivity contribution in [2.24, 2.45) is 0 Å². The van der Waals surface area contributed by atoms with Gasteiger partial charge < -0.3 is 15.9 Å². The summed E-state index contributed by atoms with van der Waals surface area (Å²) in [7, 11) is 1.59. The van der Waals surface area contributed by atoms with Crippen molar-refractivity contribution in [3.8, 4) is 17.1 Å². The number of hydrogen-bond donors (Lipinski definition) is 2. The molecule has 0 saturated carbocycles. The van der Waals surface area contributed by atoms with Gasteiger partial charge in [0, 0.05) is 6.04 Å². The SMILES string of the molecule is CC[C@@H](C)NC(=O)CSc1nnc(-c2ccccc2OC)n1N. The second kappa shape index (κ2) is 7.87. The number of methoxy groups -OCH3 is 1. The lowest BCUT2D eigenvalue weighted by Gasteiger charge is -2.11. The lowest BCUT2D eigenvalue weighted by Crippen LogP contribution is -2.33. The molecule has 1 aromatic carbocycles. The molecule has 3 N–H and O–H groups in total. The Hall–Kier alpha value is -2.22. The van der Waals surface area contributed by atoms with Crippen molar-refractivity contribution in [3.63, 3.8) is 0 Å². The number of hydrogen-bond acceptors (Lipinski definition) is 6. The molecule has 0 unspecified atom stereocenters. The van der Waals surface area contributed by atoms with Crippen molar-refractivity contribution < 1.29 is 9.53 Å². The Morgan fingerprint density at radius 1 is 1.43 bits per heavy atom. The molecule has 1 aromatic heterocycles. The number of carbonyl (C=O) groups is 1. The number of nitrogens with one attached hydrogen (secondary N) is 1. The maximum Gasteiger partial charge on any atom is 0.230 e. The third kappa shape index (κ3) is 4.16. The van der Waals surface area contributed by atoms with E-state index in [2.05, 4.69) is 15.5 Å². The molecule has 0 aliphatic carbocycles. The Bertz CT molecular complexity index is 674. The summed E-state index contributed by atoms with van der Waals surface area (Å²) in [4.78, 5) is 11.8. The van der Waals surface area contributed by atoms with Crippen molar-refractivity contribution >= 4 is 17.7 Å². The standard InChI is InChI=1S/C15H21N5O2S/c1-4-10(2)17-13(21)9-23-15-19-18-14(20(15)16)11-7-5-6-8-12(11)22-3/h5-8,10H,4,9,16H2,1-3H3,(H,17,21)/t10-/m1/s1. The zero-order valence-electron chi connectivity index (χ0n) is 13.4. The molecule has 0 aliphatic rings. The van der Waals surface area contributed by atoms with Gasteiger partial charge in [0.15, 0.2) is 5.82 Å². The van der Waals surface area contributed by atoms with E-state index in [9.17, 15) is 4.79 Å². The molecule has 0 radical (unpaired) electrons. The largest absolute Gasteiger partial charge is 0.496 e. The van der Waals surface area contributed by atoms with Crippen LogP contribution in [0.4, 0.5) is 0 Å². The van der Waals surface area contributed by atoms with E-state index in [1.165, 1.54) is 16.4 Å². The molecule has 0 spiro atoms. The van der Waals surface area contributed by atoms with Crippen LogP contribution in [-0.4, -0.2) is 39.7 Å². The van der Waals surface area contributed by atoms with Gasteiger partial charge in [-0.2, -0.15) is 0 Å². The van der Waals surface area contributed by atoms with Gasteiger partial charge in [0.1, 0.15) is 5.75 Å². The summed E-state index contributed by atoms with van der Waals surface area (Å²) in [6, 6.07) is 7.59. The van der Waals surface area contributed by atoms with Gasteiger partial charge >= 0.3 is 0 Å². The van der Waals surface area contributed by atoms with Gasteiger partial charge in [-0.3, -0.25) is 4.79 Å². The van der Waals surface area contributed by atoms with Gasteiger partial charge in [0.25, 0.3) is 0 Å². The molecule has 0 bridgehead atoms. The molecule has 1 heterocycles. The molecular weight excluding hydrogens is 314 g/mol. The van der Waals surface area contributed by atoms with E-state index in [1.807, 2.05) is 38.1 Å². The normalized spacial score (nSPS) is 12.0. The van der Waals surface area contributed by atoms with Crippen LogP contribution in [0.25, 0.3) is 11.4 Å². The van der Waals surface area contributed by atoms with Gasteiger partial charge in [0.2, 0.25) is 11.1 Å². The van der Waals surface area contributed by atoms with Gasteiger partial charge in [0.05, 0.1) is 18.4 Å². The lowest BCUT2D eigenvalue weighted by molar-refractivity contribution is -0.119. The highest BCUT2D eigenvalue weighted by molar-refractivity contribution is 7.99. The predicted molar refractivity (Wildman–Crippen MR) is 90.8 cm³/mol. The summed E-state index contributed by atoms with van der Waals surface area (Å²) in [5.41, 5.74) is 0.751. The van der Waals surface area contributed by atoms with Crippen LogP contribution in [0.2, 0.25) is 0 Å². The molecule has 0 fully saturated rings. The number of aromatic nitrogens is 3. The zero-order chi connectivity index (χ0) is 16.8. The highest BCUT2D eigenvalue weighted by atomic mass is 32.2. The highest BCUT2D eigenvalue weighted by Crippen LogP contribution is 2.29. The first-order valence-electron chi connectivity index (χ1n) is 7.32. The van der Waals surface area contributed by atoms with Crippen molar-refractivity contribution in [3.05, 3.63) is 24.3 Å². The van der Waals surface area contributed by atoms with Crippen LogP contribution >= 0.6 is 11.8 Å². The lowest BCUT2D eigenvalue weighted by atomic mass is 10.2. The maximum atomic E-state index is 11.8. The summed E-state index contributed by atoms with van der Waals surface area (Å²) in [6.45, 7) is 3.99. The van der Waals surface area contributed by atoms with Crippen molar-refractivity contribution in [1.82, 2.24) is 20.2 Å². The third-order valence-corrected chi connectivity index (χ3v) is 4.31. The number of thioether (sulfide) groups is 1. The third-order valence-electron chi connectivity index (χ3n) is 3.36. The number of benzene rings is 1. The minimum absolute atomic E-state index is 0.0498. The maximum absolute atomic E-state index is 11.8. The van der Waals surface area contributed by atoms with Crippen LogP contribution in [0.15, 0.2) is 29.4 Å². The minimum atomic E-state index is -0.0498. The second-order valence-corrected chi connectivity index (χ2v) is 5.98. The topological polar surface area (TPSA) is 95.1 Å². The van der Waals surface area contributed by atoms with E-state index in [-0.39, 0.29) is 17.7 Å². The Kier molecular flexibility index (Phi) is 5.86. The quantitative estimate of drug-likeness (QED) is 0.590. The van der Waals surface area contributed by atoms with E-state index in [4.69, 9.17) is 10.6 Å². The number of rotatable bonds is 7. The minimum Gasteiger partial charge on any atom is -0.496 e. The molecule has 2 rings (SSSR count). The summed E-state index contributed by atoms with van der Waals surface area (Å²) in [5, 5.41) is 11.5. The summed E-state index contributed by atoms with van der Waals surface area (Å²) in [5.74, 6) is 7.41. The summed E-state index contributed by atoms with van der Waals surface area (Å²) < 4.78 is 6.68. The fourth-order valence-corrected chi connectivity index (χ4v) is 2.60. The number of amides is 1. The van der Waals surface area contributed by atoms with Gasteiger partial charge in [-0.15, -0.1) is 10.2 Å². The van der Waals surface area contributed by atoms with Crippen LogP contribution in [0.3, 0.4) is 0 Å². The number of nitrogens with two attached hydrogens (primary N) is 1. The monoisotopic (exact) mass is 335 g/mol. The van der Waals surface area contributed by atoms with Crippen LogP contribution in [0.1, 0.15) is 20.3 Å². The van der Waals surface area contributed by atoms with Gasteiger partial charge in [-0.05, 0) is 25.5 Å². The molecule has 8 heteroatoms. The fraction of sp³-hybridized carbons (Fsp3) is 0.400. The molecule has 1 atom stereocenters. The fourth-order valence-electron chi connectivity index (χ4n) is 1.94. The Labute approximate surface area is 139 Å². The van der Waals surface area contributed by atoms with E-state index in [0.717, 1.165) is 12.0 Å². The highest BCUT2D eigenvalue weighted by Gasteiger charge is 2.16. The smallest absolute Gasteiger partial charge is 0.230 e. The van der Waals surface area contributed by atoms with E-state index in [1.54, 1.807) is 7.11 Å². The summed E-state index contributed by atoms with van der Waals surface area (Å²) >= 11 is 1.25. The molecule has 124 valence electrons. The van der Waals surface area contributed by atoms with Crippen LogP contribution in [0, 0.1) is 0 Å². The Morgan fingerprint density at radius 3 is 2.87 bits per heavy atom. The second-order valence-electron chi connectivity index (χ2n) is 5.04. The molecule has 7 nitrogen and oxygen atoms in total. The number of nitrogen functional groups attached to an aromatic ring is 1. The molecule has 2 aromatic rings. The molecule has 1 amide bonds. The van der Waals surface area contributed by atoms with E-state index < -0.39 is 0 Å². The molecule has 23 heavy (non-hydrogen) atoms. The first-order chi connectivity index (χ1) is 11.1. The molecular formula is C15H21N5O2S. The molecule has 0 aliphatic heterocycles. The number of para-hydroxylation sites is 1. The van der Waals surface area contributed by atoms with E-state index in [0.29, 0.717) is 16.7 Å². The average Bonchev–Trinajstić information content (AvgIpc) is 2.93. The average molecular weight is 335 g/mol. The van der Waals surface area contributed by atoms with Crippen LogP contribution in [0.5, 0.6) is 5.75 Å². The number of nitrogens with zero attached hydrogens (tertiary/aromatic N) is 3. The predicted octanol–water partition coefficient (Wildman–Crippen LogP) is 1.67. The Morgan fingerprint density at radius 2 is 2.17 bits per heavy atom. The van der Waals surface area contributed by atoms with Crippen molar-refractivity contribution in [2.75, 3.05) is 18.7 Å². The van der Waals surface area contributed by atoms with Crippen LogP contribution < -0.4 is 15.9 Å². The summed E-state index contributed by atoms with van der Waals surface area (Å²) in [6.07, 6.45) is 0.890. The first kappa shape index (κ1) is 17.1. The van der Waals surface area contributed by atoms with Crippen molar-refractivity contribution in [2.45, 2.75) is 31.5 Å². The van der Waals surface area contributed by atoms with Gasteiger partial charge in [-0.1, -0.05) is 30.8 Å². The zero-order valence-corrected chi connectivity index (χ0v) is 14.3. The number of ether oxygens (including phenoxy) is 1. The van der Waals surface area contributed by atoms with Gasteiger partial charge in [-0.25, -0.2) is 4.68 Å².